The summed E-state index contributed by atoms with van der Waals surface area (Å²) >= 11 is 0. The van der Waals surface area contributed by atoms with Gasteiger partial charge in [-0.1, -0.05) is 25.1 Å². The van der Waals surface area contributed by atoms with E-state index >= 15 is 0 Å². The number of rotatable bonds is 9. The van der Waals surface area contributed by atoms with Gasteiger partial charge in [-0.2, -0.15) is 0 Å². The van der Waals surface area contributed by atoms with Gasteiger partial charge in [0.05, 0.1) is 12.8 Å². The second kappa shape index (κ2) is 9.63. The van der Waals surface area contributed by atoms with E-state index in [1.165, 1.54) is 5.56 Å². The molecule has 1 fully saturated rings. The first-order valence-electron chi connectivity index (χ1n) is 11.7. The van der Waals surface area contributed by atoms with Crippen molar-refractivity contribution in [2.24, 2.45) is 0 Å². The van der Waals surface area contributed by atoms with Gasteiger partial charge in [0.25, 0.3) is 5.91 Å². The molecule has 1 aliphatic carbocycles. The minimum absolute atomic E-state index is 0.0320. The molecule has 7 heteroatoms. The molecule has 0 N–H and O–H groups in total. The molecule has 34 heavy (non-hydrogen) atoms. The van der Waals surface area contributed by atoms with E-state index < -0.39 is 0 Å². The Hall–Kier alpha value is -3.74. The van der Waals surface area contributed by atoms with Crippen molar-refractivity contribution in [3.05, 3.63) is 83.3 Å². The van der Waals surface area contributed by atoms with Gasteiger partial charge in [0.15, 0.2) is 11.5 Å². The number of benzene rings is 2. The van der Waals surface area contributed by atoms with Crippen LogP contribution in [0.3, 0.4) is 0 Å². The van der Waals surface area contributed by atoms with Crippen LogP contribution < -0.4 is 9.47 Å². The molecule has 0 saturated heterocycles. The first-order valence-corrected chi connectivity index (χ1v) is 11.7. The quantitative estimate of drug-likeness (QED) is 0.473. The lowest BCUT2D eigenvalue weighted by molar-refractivity contribution is -0.133. The monoisotopic (exact) mass is 460 g/mol. The van der Waals surface area contributed by atoms with Crippen LogP contribution in [0.1, 0.15) is 47.0 Å². The molecule has 7 nitrogen and oxygen atoms in total. The normalized spacial score (nSPS) is 14.1. The SMILES string of the molecule is CCc1ccc(C(=O)N(CC(=O)N(Cc2ccc3c(c2)OCO3)Cc2ccco2)C2CC2)cc1. The van der Waals surface area contributed by atoms with Crippen LogP contribution in [0.4, 0.5) is 0 Å². The van der Waals surface area contributed by atoms with Crippen LogP contribution in [0.5, 0.6) is 11.5 Å². The van der Waals surface area contributed by atoms with E-state index in [2.05, 4.69) is 6.92 Å². The van der Waals surface area contributed by atoms with E-state index in [-0.39, 0.29) is 31.2 Å². The summed E-state index contributed by atoms with van der Waals surface area (Å²) < 4.78 is 16.4. The highest BCUT2D eigenvalue weighted by atomic mass is 16.7. The third kappa shape index (κ3) is 4.93. The minimum Gasteiger partial charge on any atom is -0.467 e. The highest BCUT2D eigenvalue weighted by molar-refractivity contribution is 5.97. The fourth-order valence-corrected chi connectivity index (χ4v) is 4.13. The first kappa shape index (κ1) is 22.1. The van der Waals surface area contributed by atoms with Gasteiger partial charge in [0.2, 0.25) is 12.7 Å². The molecule has 1 aliphatic heterocycles. The van der Waals surface area contributed by atoms with Crippen LogP contribution in [-0.4, -0.2) is 41.0 Å². The van der Waals surface area contributed by atoms with Crippen molar-refractivity contribution in [1.82, 2.24) is 9.80 Å². The molecular formula is C27H28N2O5. The number of furan rings is 1. The van der Waals surface area contributed by atoms with Gasteiger partial charge >= 0.3 is 0 Å². The standard InChI is InChI=1S/C27H28N2O5/c1-2-19-5-8-21(9-6-19)27(31)29(22-10-11-22)17-26(30)28(16-23-4-3-13-32-23)15-20-7-12-24-25(14-20)34-18-33-24/h3-9,12-14,22H,2,10-11,15-18H2,1H3. The Morgan fingerprint density at radius 1 is 0.941 bits per heavy atom. The van der Waals surface area contributed by atoms with Crippen LogP contribution in [-0.2, 0) is 24.3 Å². The zero-order chi connectivity index (χ0) is 23.5. The lowest BCUT2D eigenvalue weighted by Gasteiger charge is -2.27. The Kier molecular flexibility index (Phi) is 6.25. The Morgan fingerprint density at radius 3 is 2.41 bits per heavy atom. The van der Waals surface area contributed by atoms with Crippen LogP contribution in [0.25, 0.3) is 0 Å². The van der Waals surface area contributed by atoms with E-state index in [0.717, 1.165) is 24.8 Å². The minimum atomic E-state index is -0.125. The molecule has 2 heterocycles. The maximum atomic E-state index is 13.5. The summed E-state index contributed by atoms with van der Waals surface area (Å²) in [6.07, 6.45) is 4.36. The molecule has 0 unspecified atom stereocenters. The molecule has 2 aromatic carbocycles. The van der Waals surface area contributed by atoms with Gasteiger partial charge in [-0.05, 0) is 66.8 Å². The van der Waals surface area contributed by atoms with Gasteiger partial charge in [-0.15, -0.1) is 0 Å². The Balaban J connectivity index is 1.34. The fourth-order valence-electron chi connectivity index (χ4n) is 4.13. The molecule has 0 bridgehead atoms. The molecular weight excluding hydrogens is 432 g/mol. The molecule has 176 valence electrons. The molecule has 3 aromatic rings. The van der Waals surface area contributed by atoms with Crippen molar-refractivity contribution in [3.8, 4) is 11.5 Å². The molecule has 0 radical (unpaired) electrons. The summed E-state index contributed by atoms with van der Waals surface area (Å²) in [5.41, 5.74) is 2.72. The molecule has 2 aliphatic rings. The van der Waals surface area contributed by atoms with Crippen molar-refractivity contribution >= 4 is 11.8 Å². The summed E-state index contributed by atoms with van der Waals surface area (Å²) in [6.45, 7) is 3.00. The van der Waals surface area contributed by atoms with Crippen molar-refractivity contribution in [3.63, 3.8) is 0 Å². The predicted molar refractivity (Wildman–Crippen MR) is 125 cm³/mol. The van der Waals surface area contributed by atoms with Crippen LogP contribution in [0.15, 0.2) is 65.3 Å². The predicted octanol–water partition coefficient (Wildman–Crippen LogP) is 4.40. The van der Waals surface area contributed by atoms with Crippen LogP contribution in [0.2, 0.25) is 0 Å². The van der Waals surface area contributed by atoms with E-state index in [1.807, 2.05) is 48.5 Å². The highest BCUT2D eigenvalue weighted by Gasteiger charge is 2.35. The number of ether oxygens (including phenoxy) is 2. The number of hydrogen-bond donors (Lipinski definition) is 0. The summed E-state index contributed by atoms with van der Waals surface area (Å²) in [5.74, 6) is 1.84. The second-order valence-corrected chi connectivity index (χ2v) is 8.73. The second-order valence-electron chi connectivity index (χ2n) is 8.73. The molecule has 0 spiro atoms. The smallest absolute Gasteiger partial charge is 0.254 e. The van der Waals surface area contributed by atoms with Crippen molar-refractivity contribution < 1.29 is 23.5 Å². The lowest BCUT2D eigenvalue weighted by atomic mass is 10.1. The Morgan fingerprint density at radius 2 is 1.71 bits per heavy atom. The average molecular weight is 461 g/mol. The van der Waals surface area contributed by atoms with Crippen LogP contribution in [0, 0.1) is 0 Å². The highest BCUT2D eigenvalue weighted by Crippen LogP contribution is 2.33. The third-order valence-electron chi connectivity index (χ3n) is 6.25. The van der Waals surface area contributed by atoms with Gasteiger partial charge in [-0.25, -0.2) is 0 Å². The Labute approximate surface area is 198 Å². The number of fused-ring (bicyclic) bond motifs is 1. The number of carbonyl (C=O) groups is 2. The van der Waals surface area contributed by atoms with E-state index in [1.54, 1.807) is 22.1 Å². The first-order chi connectivity index (χ1) is 16.6. The zero-order valence-corrected chi connectivity index (χ0v) is 19.2. The number of amides is 2. The summed E-state index contributed by atoms with van der Waals surface area (Å²) in [6, 6.07) is 17.1. The number of nitrogens with zero attached hydrogens (tertiary/aromatic N) is 2. The molecule has 1 saturated carbocycles. The van der Waals surface area contributed by atoms with Gasteiger partial charge in [-0.3, -0.25) is 9.59 Å². The molecule has 2 amide bonds. The summed E-state index contributed by atoms with van der Waals surface area (Å²) in [5, 5.41) is 0. The van der Waals surface area contributed by atoms with Crippen molar-refractivity contribution in [2.45, 2.75) is 45.3 Å². The maximum Gasteiger partial charge on any atom is 0.254 e. The summed E-state index contributed by atoms with van der Waals surface area (Å²) in [4.78, 5) is 30.3. The lowest BCUT2D eigenvalue weighted by Crippen LogP contribution is -2.43. The molecule has 0 atom stereocenters. The van der Waals surface area contributed by atoms with E-state index in [4.69, 9.17) is 13.9 Å². The zero-order valence-electron chi connectivity index (χ0n) is 19.2. The third-order valence-corrected chi connectivity index (χ3v) is 6.25. The number of hydrogen-bond acceptors (Lipinski definition) is 5. The van der Waals surface area contributed by atoms with E-state index in [9.17, 15) is 9.59 Å². The fraction of sp³-hybridized carbons (Fsp3) is 0.333. The number of aryl methyl sites for hydroxylation is 1. The maximum absolute atomic E-state index is 13.5. The molecule has 5 rings (SSSR count). The van der Waals surface area contributed by atoms with Crippen molar-refractivity contribution in [1.29, 1.82) is 0 Å². The summed E-state index contributed by atoms with van der Waals surface area (Å²) in [7, 11) is 0. The average Bonchev–Trinajstić information content (AvgIpc) is 3.36. The molecule has 1 aromatic heterocycles. The Bertz CT molecular complexity index is 1150. The van der Waals surface area contributed by atoms with Gasteiger partial charge < -0.3 is 23.7 Å². The van der Waals surface area contributed by atoms with Gasteiger partial charge in [0, 0.05) is 18.2 Å². The number of carbonyl (C=O) groups excluding carboxylic acids is 2. The largest absolute Gasteiger partial charge is 0.467 e. The topological polar surface area (TPSA) is 72.2 Å². The van der Waals surface area contributed by atoms with Gasteiger partial charge in [0.1, 0.15) is 12.3 Å². The van der Waals surface area contributed by atoms with E-state index in [0.29, 0.717) is 35.9 Å². The van der Waals surface area contributed by atoms with Crippen LogP contribution >= 0.6 is 0 Å². The van der Waals surface area contributed by atoms with Crippen molar-refractivity contribution in [2.75, 3.05) is 13.3 Å².